The van der Waals surface area contributed by atoms with Crippen molar-refractivity contribution in [3.05, 3.63) is 16.6 Å². The van der Waals surface area contributed by atoms with E-state index >= 15 is 0 Å². The molecule has 5 heteroatoms. The first-order valence-electron chi connectivity index (χ1n) is 3.55. The van der Waals surface area contributed by atoms with Crippen LogP contribution >= 0.6 is 11.8 Å². The average Bonchev–Trinajstić information content (AvgIpc) is 2.06. The standard InChI is InChI=1S/C7H10N2O2S/c1-3-12-6-5(10)4-8-9(2)7(6)11/h4,10H,3H2,1-2H3. The highest BCUT2D eigenvalue weighted by Crippen LogP contribution is 2.22. The molecule has 0 radical (unpaired) electrons. The van der Waals surface area contributed by atoms with Crippen LogP contribution in [0, 0.1) is 0 Å². The third kappa shape index (κ3) is 1.61. The van der Waals surface area contributed by atoms with Crippen LogP contribution in [-0.2, 0) is 7.05 Å². The van der Waals surface area contributed by atoms with Gasteiger partial charge in [0.15, 0.2) is 5.75 Å². The first kappa shape index (κ1) is 9.12. The molecule has 0 unspecified atom stereocenters. The van der Waals surface area contributed by atoms with E-state index in [4.69, 9.17) is 0 Å². The van der Waals surface area contributed by atoms with Gasteiger partial charge >= 0.3 is 0 Å². The second-order valence-electron chi connectivity index (χ2n) is 2.22. The Hall–Kier alpha value is -0.970. The van der Waals surface area contributed by atoms with Crippen LogP contribution < -0.4 is 5.56 Å². The summed E-state index contributed by atoms with van der Waals surface area (Å²) >= 11 is 1.32. The second kappa shape index (κ2) is 3.62. The van der Waals surface area contributed by atoms with E-state index in [0.717, 1.165) is 5.75 Å². The molecule has 12 heavy (non-hydrogen) atoms. The van der Waals surface area contributed by atoms with E-state index in [0.29, 0.717) is 4.90 Å². The van der Waals surface area contributed by atoms with E-state index in [9.17, 15) is 9.90 Å². The van der Waals surface area contributed by atoms with Crippen LogP contribution in [0.2, 0.25) is 0 Å². The van der Waals surface area contributed by atoms with Crippen LogP contribution in [0.5, 0.6) is 5.75 Å². The molecule has 0 bridgehead atoms. The van der Waals surface area contributed by atoms with Gasteiger partial charge < -0.3 is 5.11 Å². The van der Waals surface area contributed by atoms with Crippen molar-refractivity contribution in [3.63, 3.8) is 0 Å². The van der Waals surface area contributed by atoms with Crippen molar-refractivity contribution < 1.29 is 5.11 Å². The van der Waals surface area contributed by atoms with Crippen LogP contribution in [0.25, 0.3) is 0 Å². The molecule has 1 heterocycles. The third-order valence-corrected chi connectivity index (χ3v) is 2.32. The van der Waals surface area contributed by atoms with E-state index in [1.54, 1.807) is 7.05 Å². The van der Waals surface area contributed by atoms with Gasteiger partial charge in [0.2, 0.25) is 0 Å². The number of hydrogen-bond donors (Lipinski definition) is 1. The normalized spacial score (nSPS) is 10.2. The average molecular weight is 186 g/mol. The molecule has 0 atom stereocenters. The summed E-state index contributed by atoms with van der Waals surface area (Å²) in [6.07, 6.45) is 1.28. The Morgan fingerprint density at radius 1 is 1.75 bits per heavy atom. The Kier molecular flexibility index (Phi) is 2.75. The summed E-state index contributed by atoms with van der Waals surface area (Å²) in [6.45, 7) is 1.92. The van der Waals surface area contributed by atoms with Gasteiger partial charge in [-0.05, 0) is 5.75 Å². The van der Waals surface area contributed by atoms with Crippen LogP contribution in [0.15, 0.2) is 15.9 Å². The van der Waals surface area contributed by atoms with Gasteiger partial charge in [-0.1, -0.05) is 6.92 Å². The highest BCUT2D eigenvalue weighted by molar-refractivity contribution is 7.99. The lowest BCUT2D eigenvalue weighted by atomic mass is 10.5. The van der Waals surface area contributed by atoms with Crippen LogP contribution in [0.1, 0.15) is 6.92 Å². The maximum atomic E-state index is 11.3. The molecule has 0 aliphatic heterocycles. The lowest BCUT2D eigenvalue weighted by molar-refractivity contribution is 0.448. The summed E-state index contributed by atoms with van der Waals surface area (Å²) < 4.78 is 1.21. The minimum atomic E-state index is -0.248. The van der Waals surface area contributed by atoms with Crippen LogP contribution in [0.4, 0.5) is 0 Å². The highest BCUT2D eigenvalue weighted by Gasteiger charge is 2.07. The van der Waals surface area contributed by atoms with E-state index < -0.39 is 0 Å². The summed E-state index contributed by atoms with van der Waals surface area (Å²) in [5.41, 5.74) is -0.248. The summed E-state index contributed by atoms with van der Waals surface area (Å²) in [5, 5.41) is 12.9. The molecule has 0 aromatic carbocycles. The Balaban J connectivity index is 3.24. The number of rotatable bonds is 2. The number of thioether (sulfide) groups is 1. The lowest BCUT2D eigenvalue weighted by Crippen LogP contribution is -2.20. The van der Waals surface area contributed by atoms with E-state index in [2.05, 4.69) is 5.10 Å². The third-order valence-electron chi connectivity index (χ3n) is 1.36. The van der Waals surface area contributed by atoms with Crippen molar-refractivity contribution in [2.24, 2.45) is 7.05 Å². The molecule has 0 spiro atoms. The number of nitrogens with zero attached hydrogens (tertiary/aromatic N) is 2. The van der Waals surface area contributed by atoms with Gasteiger partial charge in [0, 0.05) is 7.05 Å². The molecule has 1 aromatic rings. The van der Waals surface area contributed by atoms with Gasteiger partial charge in [-0.25, -0.2) is 4.68 Å². The first-order chi connectivity index (χ1) is 5.66. The number of aromatic hydroxyl groups is 1. The van der Waals surface area contributed by atoms with Gasteiger partial charge in [0.1, 0.15) is 4.90 Å². The quantitative estimate of drug-likeness (QED) is 0.687. The van der Waals surface area contributed by atoms with Gasteiger partial charge in [-0.2, -0.15) is 5.10 Å². The fourth-order valence-electron chi connectivity index (χ4n) is 0.789. The van der Waals surface area contributed by atoms with E-state index in [-0.39, 0.29) is 11.3 Å². The molecular weight excluding hydrogens is 176 g/mol. The molecule has 1 rings (SSSR count). The fourth-order valence-corrected chi connectivity index (χ4v) is 1.53. The van der Waals surface area contributed by atoms with Gasteiger partial charge in [0.25, 0.3) is 5.56 Å². The van der Waals surface area contributed by atoms with E-state index in [1.807, 2.05) is 6.92 Å². The number of aryl methyl sites for hydroxylation is 1. The maximum Gasteiger partial charge on any atom is 0.283 e. The lowest BCUT2D eigenvalue weighted by Gasteiger charge is -2.02. The molecule has 66 valence electrons. The zero-order valence-corrected chi connectivity index (χ0v) is 7.76. The summed E-state index contributed by atoms with van der Waals surface area (Å²) in [6, 6.07) is 0. The fraction of sp³-hybridized carbons (Fsp3) is 0.429. The van der Waals surface area contributed by atoms with Crippen molar-refractivity contribution >= 4 is 11.8 Å². The predicted molar refractivity (Wildman–Crippen MR) is 47.5 cm³/mol. The van der Waals surface area contributed by atoms with Crippen molar-refractivity contribution in [3.8, 4) is 5.75 Å². The predicted octanol–water partition coefficient (Wildman–Crippen LogP) is 0.598. The molecular formula is C7H10N2O2S. The molecule has 1 aromatic heterocycles. The van der Waals surface area contributed by atoms with Gasteiger partial charge in [0.05, 0.1) is 6.20 Å². The van der Waals surface area contributed by atoms with Crippen molar-refractivity contribution in [2.75, 3.05) is 5.75 Å². The number of hydrogen-bond acceptors (Lipinski definition) is 4. The molecule has 0 saturated carbocycles. The van der Waals surface area contributed by atoms with Gasteiger partial charge in [-0.15, -0.1) is 11.8 Å². The Morgan fingerprint density at radius 3 is 3.00 bits per heavy atom. The van der Waals surface area contributed by atoms with Crippen LogP contribution in [0.3, 0.4) is 0 Å². The highest BCUT2D eigenvalue weighted by atomic mass is 32.2. The molecule has 1 N–H and O–H groups in total. The molecule has 0 saturated heterocycles. The molecule has 0 aliphatic rings. The van der Waals surface area contributed by atoms with Crippen molar-refractivity contribution in [2.45, 2.75) is 11.8 Å². The van der Waals surface area contributed by atoms with Gasteiger partial charge in [-0.3, -0.25) is 4.79 Å². The first-order valence-corrected chi connectivity index (χ1v) is 4.53. The smallest absolute Gasteiger partial charge is 0.283 e. The SMILES string of the molecule is CCSc1c(O)cnn(C)c1=O. The largest absolute Gasteiger partial charge is 0.505 e. The Bertz CT molecular complexity index is 335. The molecule has 0 aliphatic carbocycles. The summed E-state index contributed by atoms with van der Waals surface area (Å²) in [4.78, 5) is 11.7. The Morgan fingerprint density at radius 2 is 2.42 bits per heavy atom. The Labute approximate surface area is 74.2 Å². The molecule has 0 amide bonds. The van der Waals surface area contributed by atoms with E-state index in [1.165, 1.54) is 22.6 Å². The zero-order valence-electron chi connectivity index (χ0n) is 6.94. The monoisotopic (exact) mass is 186 g/mol. The maximum absolute atomic E-state index is 11.3. The minimum absolute atomic E-state index is 0.0371. The topological polar surface area (TPSA) is 55.1 Å². The molecule has 4 nitrogen and oxygen atoms in total. The second-order valence-corrected chi connectivity index (χ2v) is 3.49. The number of aromatic nitrogens is 2. The summed E-state index contributed by atoms with van der Waals surface area (Å²) in [5.74, 6) is 0.720. The van der Waals surface area contributed by atoms with Crippen molar-refractivity contribution in [1.29, 1.82) is 0 Å². The van der Waals surface area contributed by atoms with Crippen LogP contribution in [-0.4, -0.2) is 20.6 Å². The summed E-state index contributed by atoms with van der Waals surface area (Å²) in [7, 11) is 1.56. The zero-order chi connectivity index (χ0) is 9.14. The molecule has 0 fully saturated rings. The minimum Gasteiger partial charge on any atom is -0.505 e. The van der Waals surface area contributed by atoms with Crippen molar-refractivity contribution in [1.82, 2.24) is 9.78 Å².